The van der Waals surface area contributed by atoms with Gasteiger partial charge in [-0.3, -0.25) is 9.59 Å². The Morgan fingerprint density at radius 2 is 2.05 bits per heavy atom. The Kier molecular flexibility index (Phi) is 4.71. The summed E-state index contributed by atoms with van der Waals surface area (Å²) in [5.41, 5.74) is 0.899. The van der Waals surface area contributed by atoms with Crippen molar-refractivity contribution in [2.45, 2.75) is 19.5 Å². The molecular weight excluding hydrogens is 275 g/mol. The van der Waals surface area contributed by atoms with E-state index in [0.717, 1.165) is 0 Å². The van der Waals surface area contributed by atoms with E-state index < -0.39 is 17.8 Å². The average molecular weight is 290 g/mol. The van der Waals surface area contributed by atoms with Gasteiger partial charge in [0.1, 0.15) is 11.9 Å². The minimum absolute atomic E-state index is 0.0411. The lowest BCUT2D eigenvalue weighted by molar-refractivity contribution is -0.128. The number of nitrogens with one attached hydrogen (secondary N) is 2. The highest BCUT2D eigenvalue weighted by Gasteiger charge is 2.22. The third-order valence-electron chi connectivity index (χ3n) is 2.90. The van der Waals surface area contributed by atoms with E-state index in [9.17, 15) is 14.0 Å². The van der Waals surface area contributed by atoms with Gasteiger partial charge in [-0.05, 0) is 12.1 Å². The first kappa shape index (κ1) is 14.8. The van der Waals surface area contributed by atoms with Gasteiger partial charge in [0, 0.05) is 24.6 Å². The lowest BCUT2D eigenvalue weighted by atomic mass is 10.1. The Labute approximate surface area is 121 Å². The summed E-state index contributed by atoms with van der Waals surface area (Å²) in [7, 11) is 0. The van der Waals surface area contributed by atoms with Gasteiger partial charge in [0.2, 0.25) is 11.8 Å². The van der Waals surface area contributed by atoms with E-state index in [2.05, 4.69) is 10.6 Å². The molecule has 0 aliphatic carbocycles. The third kappa shape index (κ3) is 3.92. The number of amides is 2. The number of carbonyl (C=O) groups is 2. The minimum Gasteiger partial charge on any atom is -0.472 e. The van der Waals surface area contributed by atoms with Crippen LogP contribution in [0.4, 0.5) is 4.39 Å². The zero-order chi connectivity index (χ0) is 15.2. The van der Waals surface area contributed by atoms with E-state index in [1.807, 2.05) is 0 Å². The van der Waals surface area contributed by atoms with Crippen LogP contribution >= 0.6 is 0 Å². The standard InChI is InChI=1S/C15H15FN2O3/c1-10(19)18-14(12-6-7-21-9-12)15(20)17-8-11-4-2-3-5-13(11)16/h2-7,9,14H,8H2,1H3,(H,17,20)(H,18,19). The van der Waals surface area contributed by atoms with Gasteiger partial charge in [0.15, 0.2) is 0 Å². The van der Waals surface area contributed by atoms with Crippen molar-refractivity contribution in [3.8, 4) is 0 Å². The third-order valence-corrected chi connectivity index (χ3v) is 2.90. The van der Waals surface area contributed by atoms with Gasteiger partial charge in [-0.15, -0.1) is 0 Å². The van der Waals surface area contributed by atoms with E-state index in [-0.39, 0.29) is 12.5 Å². The summed E-state index contributed by atoms with van der Waals surface area (Å²) in [6.45, 7) is 1.36. The largest absolute Gasteiger partial charge is 0.472 e. The number of rotatable bonds is 5. The molecule has 110 valence electrons. The highest BCUT2D eigenvalue weighted by atomic mass is 19.1. The van der Waals surface area contributed by atoms with Crippen molar-refractivity contribution >= 4 is 11.8 Å². The molecule has 0 spiro atoms. The molecule has 0 saturated carbocycles. The van der Waals surface area contributed by atoms with Crippen LogP contribution in [0.2, 0.25) is 0 Å². The first-order valence-electron chi connectivity index (χ1n) is 6.38. The maximum atomic E-state index is 13.5. The first-order valence-corrected chi connectivity index (χ1v) is 6.38. The molecule has 0 saturated heterocycles. The van der Waals surface area contributed by atoms with Crippen LogP contribution in [0.25, 0.3) is 0 Å². The number of benzene rings is 1. The second-order valence-corrected chi connectivity index (χ2v) is 4.50. The molecule has 1 aromatic carbocycles. The monoisotopic (exact) mass is 290 g/mol. The summed E-state index contributed by atoms with van der Waals surface area (Å²) in [6.07, 6.45) is 2.79. The second-order valence-electron chi connectivity index (χ2n) is 4.50. The molecule has 0 aliphatic heterocycles. The lowest BCUT2D eigenvalue weighted by Crippen LogP contribution is -2.39. The molecule has 1 atom stereocenters. The summed E-state index contributed by atoms with van der Waals surface area (Å²) in [5.74, 6) is -1.17. The Hall–Kier alpha value is -2.63. The fourth-order valence-corrected chi connectivity index (χ4v) is 1.87. The maximum absolute atomic E-state index is 13.5. The molecule has 0 radical (unpaired) electrons. The van der Waals surface area contributed by atoms with Crippen LogP contribution in [-0.4, -0.2) is 11.8 Å². The number of carbonyl (C=O) groups excluding carboxylic acids is 2. The molecule has 2 aromatic rings. The number of furan rings is 1. The Balaban J connectivity index is 2.05. The highest BCUT2D eigenvalue weighted by Crippen LogP contribution is 2.14. The van der Waals surface area contributed by atoms with Gasteiger partial charge in [0.25, 0.3) is 0 Å². The molecular formula is C15H15FN2O3. The van der Waals surface area contributed by atoms with E-state index in [1.54, 1.807) is 24.3 Å². The van der Waals surface area contributed by atoms with Gasteiger partial charge < -0.3 is 15.1 Å². The molecule has 21 heavy (non-hydrogen) atoms. The van der Waals surface area contributed by atoms with Gasteiger partial charge in [-0.1, -0.05) is 18.2 Å². The van der Waals surface area contributed by atoms with Gasteiger partial charge in [0.05, 0.1) is 12.5 Å². The van der Waals surface area contributed by atoms with E-state index in [4.69, 9.17) is 4.42 Å². The van der Waals surface area contributed by atoms with Crippen LogP contribution in [-0.2, 0) is 16.1 Å². The molecule has 5 nitrogen and oxygen atoms in total. The Bertz CT molecular complexity index is 626. The van der Waals surface area contributed by atoms with Crippen LogP contribution in [0, 0.1) is 5.82 Å². The summed E-state index contributed by atoms with van der Waals surface area (Å²) < 4.78 is 18.4. The zero-order valence-electron chi connectivity index (χ0n) is 11.4. The van der Waals surface area contributed by atoms with Crippen molar-refractivity contribution in [1.29, 1.82) is 0 Å². The van der Waals surface area contributed by atoms with Crippen LogP contribution in [0.1, 0.15) is 24.1 Å². The summed E-state index contributed by atoms with van der Waals surface area (Å²) in [5, 5.41) is 5.13. The fraction of sp³-hybridized carbons (Fsp3) is 0.200. The second kappa shape index (κ2) is 6.69. The molecule has 2 amide bonds. The molecule has 0 aliphatic rings. The molecule has 1 aromatic heterocycles. The average Bonchev–Trinajstić information content (AvgIpc) is 2.97. The zero-order valence-corrected chi connectivity index (χ0v) is 11.4. The van der Waals surface area contributed by atoms with E-state index in [1.165, 1.54) is 25.5 Å². The topological polar surface area (TPSA) is 71.3 Å². The molecule has 0 fully saturated rings. The number of hydrogen-bond acceptors (Lipinski definition) is 3. The molecule has 2 N–H and O–H groups in total. The normalized spacial score (nSPS) is 11.7. The van der Waals surface area contributed by atoms with Crippen molar-refractivity contribution in [2.75, 3.05) is 0 Å². The van der Waals surface area contributed by atoms with Crippen molar-refractivity contribution in [3.63, 3.8) is 0 Å². The summed E-state index contributed by atoms with van der Waals surface area (Å²) in [4.78, 5) is 23.4. The smallest absolute Gasteiger partial charge is 0.247 e. The minimum atomic E-state index is -0.868. The van der Waals surface area contributed by atoms with E-state index >= 15 is 0 Å². The van der Waals surface area contributed by atoms with Gasteiger partial charge >= 0.3 is 0 Å². The fourth-order valence-electron chi connectivity index (χ4n) is 1.87. The van der Waals surface area contributed by atoms with Gasteiger partial charge in [-0.25, -0.2) is 4.39 Å². The highest BCUT2D eigenvalue weighted by molar-refractivity contribution is 5.87. The Morgan fingerprint density at radius 3 is 2.67 bits per heavy atom. The van der Waals surface area contributed by atoms with Crippen molar-refractivity contribution in [3.05, 3.63) is 59.8 Å². The maximum Gasteiger partial charge on any atom is 0.247 e. The van der Waals surface area contributed by atoms with Crippen LogP contribution < -0.4 is 10.6 Å². The SMILES string of the molecule is CC(=O)NC(C(=O)NCc1ccccc1F)c1ccoc1. The lowest BCUT2D eigenvalue weighted by Gasteiger charge is -2.16. The molecule has 0 bridgehead atoms. The predicted molar refractivity (Wildman–Crippen MR) is 73.5 cm³/mol. The summed E-state index contributed by atoms with van der Waals surface area (Å²) >= 11 is 0. The van der Waals surface area contributed by atoms with Crippen LogP contribution in [0.5, 0.6) is 0 Å². The first-order chi connectivity index (χ1) is 10.1. The number of halogens is 1. The molecule has 2 rings (SSSR count). The van der Waals surface area contributed by atoms with Gasteiger partial charge in [-0.2, -0.15) is 0 Å². The van der Waals surface area contributed by atoms with Crippen molar-refractivity contribution in [2.24, 2.45) is 0 Å². The molecule has 6 heteroatoms. The molecule has 1 heterocycles. The Morgan fingerprint density at radius 1 is 1.29 bits per heavy atom. The van der Waals surface area contributed by atoms with Crippen molar-refractivity contribution < 1.29 is 18.4 Å². The van der Waals surface area contributed by atoms with Crippen LogP contribution in [0.3, 0.4) is 0 Å². The summed E-state index contributed by atoms with van der Waals surface area (Å²) in [6, 6.07) is 6.89. The van der Waals surface area contributed by atoms with E-state index in [0.29, 0.717) is 11.1 Å². The van der Waals surface area contributed by atoms with Crippen molar-refractivity contribution in [1.82, 2.24) is 10.6 Å². The number of hydrogen-bond donors (Lipinski definition) is 2. The van der Waals surface area contributed by atoms with Crippen LogP contribution in [0.15, 0.2) is 47.3 Å². The quantitative estimate of drug-likeness (QED) is 0.883. The predicted octanol–water partition coefficient (Wildman–Crippen LogP) is 1.91. The molecule has 1 unspecified atom stereocenters.